The summed E-state index contributed by atoms with van der Waals surface area (Å²) in [5.41, 5.74) is 9.24. The average Bonchev–Trinajstić information content (AvgIpc) is 2.89. The van der Waals surface area contributed by atoms with Crippen molar-refractivity contribution in [2.75, 3.05) is 20.3 Å². The average molecular weight is 274 g/mol. The van der Waals surface area contributed by atoms with Crippen molar-refractivity contribution in [3.05, 3.63) is 40.9 Å². The molecule has 1 aromatic heterocycles. The second kappa shape index (κ2) is 6.49. The number of carbonyl (C=O) groups is 1. The highest BCUT2D eigenvalue weighted by molar-refractivity contribution is 5.86. The maximum absolute atomic E-state index is 11.1. The third-order valence-corrected chi connectivity index (χ3v) is 2.85. The molecule has 0 fully saturated rings. The Kier molecular flexibility index (Phi) is 4.47. The molecule has 1 aromatic carbocycles. The number of aromatic nitrogens is 1. The highest BCUT2D eigenvalue weighted by atomic mass is 16.6. The van der Waals surface area contributed by atoms with Crippen LogP contribution in [0.15, 0.2) is 35.6 Å². The van der Waals surface area contributed by atoms with E-state index in [4.69, 9.17) is 10.3 Å². The Bertz CT molecular complexity index is 659. The van der Waals surface area contributed by atoms with Crippen molar-refractivity contribution in [3.63, 3.8) is 0 Å². The summed E-state index contributed by atoms with van der Waals surface area (Å²) in [6.45, 7) is 0.848. The predicted octanol–water partition coefficient (Wildman–Crippen LogP) is 2.50. The van der Waals surface area contributed by atoms with Crippen LogP contribution < -0.4 is 4.74 Å². The van der Waals surface area contributed by atoms with Crippen molar-refractivity contribution < 1.29 is 14.3 Å². The lowest BCUT2D eigenvalue weighted by molar-refractivity contribution is -0.142. The van der Waals surface area contributed by atoms with Crippen LogP contribution in [-0.2, 0) is 16.1 Å². The van der Waals surface area contributed by atoms with Crippen LogP contribution in [0.5, 0.6) is 5.75 Å². The van der Waals surface area contributed by atoms with Crippen LogP contribution in [0, 0.1) is 0 Å². The smallest absolute Gasteiger partial charge is 0.343 e. The number of hydrogen-bond donors (Lipinski definition) is 0. The summed E-state index contributed by atoms with van der Waals surface area (Å²) in [5.74, 6) is 0.195. The monoisotopic (exact) mass is 274 g/mol. The van der Waals surface area contributed by atoms with Crippen LogP contribution in [0.3, 0.4) is 0 Å². The minimum absolute atomic E-state index is 0.125. The van der Waals surface area contributed by atoms with Crippen LogP contribution in [0.25, 0.3) is 21.3 Å². The Balaban J connectivity index is 2.20. The number of azide groups is 1. The van der Waals surface area contributed by atoms with Crippen LogP contribution in [0.2, 0.25) is 0 Å². The van der Waals surface area contributed by atoms with Gasteiger partial charge in [-0.2, -0.15) is 0 Å². The van der Waals surface area contributed by atoms with Gasteiger partial charge in [0.05, 0.1) is 12.6 Å². The molecule has 7 heteroatoms. The van der Waals surface area contributed by atoms with Gasteiger partial charge >= 0.3 is 5.97 Å². The molecule has 20 heavy (non-hydrogen) atoms. The lowest BCUT2D eigenvalue weighted by Gasteiger charge is -2.07. The van der Waals surface area contributed by atoms with Gasteiger partial charge in [-0.3, -0.25) is 0 Å². The van der Waals surface area contributed by atoms with Crippen molar-refractivity contribution in [2.24, 2.45) is 5.11 Å². The number of rotatable bonds is 6. The fourth-order valence-electron chi connectivity index (χ4n) is 1.91. The van der Waals surface area contributed by atoms with Gasteiger partial charge in [0.1, 0.15) is 5.75 Å². The third-order valence-electron chi connectivity index (χ3n) is 2.85. The fourth-order valence-corrected chi connectivity index (χ4v) is 1.91. The quantitative estimate of drug-likeness (QED) is 0.351. The molecule has 0 spiro atoms. The van der Waals surface area contributed by atoms with Gasteiger partial charge in [-0.05, 0) is 23.7 Å². The molecule has 7 nitrogen and oxygen atoms in total. The number of methoxy groups -OCH3 is 1. The number of fused-ring (bicyclic) bond motifs is 1. The second-order valence-corrected chi connectivity index (χ2v) is 4.02. The lowest BCUT2D eigenvalue weighted by atomic mass is 10.2. The van der Waals surface area contributed by atoms with E-state index in [0.29, 0.717) is 18.8 Å². The lowest BCUT2D eigenvalue weighted by Crippen LogP contribution is -2.12. The summed E-state index contributed by atoms with van der Waals surface area (Å²) in [7, 11) is 1.32. The molecule has 2 aromatic rings. The number of benzene rings is 1. The third kappa shape index (κ3) is 3.02. The molecule has 0 aliphatic heterocycles. The number of ether oxygens (including phenoxy) is 2. The minimum Gasteiger partial charge on any atom is -0.481 e. The van der Waals surface area contributed by atoms with E-state index in [1.165, 1.54) is 7.11 Å². The van der Waals surface area contributed by atoms with Gasteiger partial charge in [0.25, 0.3) is 0 Å². The van der Waals surface area contributed by atoms with E-state index in [-0.39, 0.29) is 6.61 Å². The molecule has 1 heterocycles. The highest BCUT2D eigenvalue weighted by Gasteiger charge is 2.08. The fraction of sp³-hybridized carbons (Fsp3) is 0.308. The summed E-state index contributed by atoms with van der Waals surface area (Å²) in [4.78, 5) is 13.8. The minimum atomic E-state index is -0.426. The largest absolute Gasteiger partial charge is 0.481 e. The molecule has 0 saturated heterocycles. The number of nitrogens with zero attached hydrogens (tertiary/aromatic N) is 4. The van der Waals surface area contributed by atoms with Crippen LogP contribution in [-0.4, -0.2) is 30.8 Å². The van der Waals surface area contributed by atoms with Crippen molar-refractivity contribution in [3.8, 4) is 5.75 Å². The van der Waals surface area contributed by atoms with E-state index in [1.54, 1.807) is 6.07 Å². The topological polar surface area (TPSA) is 89.2 Å². The standard InChI is InChI=1S/C13H14N4O3/c1-19-13(18)9-20-12-4-2-3-11-10(12)5-7-17(11)8-6-15-16-14/h2-5,7H,6,8-9H2,1H3. The molecule has 0 atom stereocenters. The number of esters is 1. The van der Waals surface area contributed by atoms with E-state index in [0.717, 1.165) is 10.9 Å². The maximum atomic E-state index is 11.1. The summed E-state index contributed by atoms with van der Waals surface area (Å²) < 4.78 is 11.9. The predicted molar refractivity (Wildman–Crippen MR) is 73.5 cm³/mol. The zero-order valence-electron chi connectivity index (χ0n) is 11.0. The van der Waals surface area contributed by atoms with Crippen LogP contribution in [0.4, 0.5) is 0 Å². The Labute approximate surface area is 115 Å². The first kappa shape index (κ1) is 13.8. The van der Waals surface area contributed by atoms with E-state index >= 15 is 0 Å². The van der Waals surface area contributed by atoms with Gasteiger partial charge in [0.2, 0.25) is 0 Å². The molecule has 0 saturated carbocycles. The van der Waals surface area contributed by atoms with Gasteiger partial charge in [0, 0.05) is 29.6 Å². The highest BCUT2D eigenvalue weighted by Crippen LogP contribution is 2.26. The van der Waals surface area contributed by atoms with Crippen molar-refractivity contribution in [1.29, 1.82) is 0 Å². The number of hydrogen-bond acceptors (Lipinski definition) is 4. The maximum Gasteiger partial charge on any atom is 0.343 e. The SMILES string of the molecule is COC(=O)COc1cccc2c1ccn2CCN=[N+]=[N-]. The normalized spacial score (nSPS) is 10.1. The first-order valence-electron chi connectivity index (χ1n) is 6.04. The molecule has 0 unspecified atom stereocenters. The molecule has 0 bridgehead atoms. The molecular weight excluding hydrogens is 260 g/mol. The van der Waals surface area contributed by atoms with Crippen molar-refractivity contribution in [2.45, 2.75) is 6.54 Å². The Hall–Kier alpha value is -2.66. The van der Waals surface area contributed by atoms with Crippen LogP contribution in [0.1, 0.15) is 0 Å². The zero-order valence-corrected chi connectivity index (χ0v) is 11.0. The molecule has 0 radical (unpaired) electrons. The molecule has 0 aliphatic rings. The summed E-state index contributed by atoms with van der Waals surface area (Å²) >= 11 is 0. The molecule has 2 rings (SSSR count). The molecule has 0 amide bonds. The Morgan fingerprint density at radius 3 is 3.05 bits per heavy atom. The van der Waals surface area contributed by atoms with E-state index in [9.17, 15) is 4.79 Å². The van der Waals surface area contributed by atoms with E-state index in [2.05, 4.69) is 14.8 Å². The zero-order chi connectivity index (χ0) is 14.4. The summed E-state index contributed by atoms with van der Waals surface area (Å²) in [6.07, 6.45) is 1.89. The second-order valence-electron chi connectivity index (χ2n) is 4.02. The van der Waals surface area contributed by atoms with Crippen molar-refractivity contribution >= 4 is 16.9 Å². The van der Waals surface area contributed by atoms with Gasteiger partial charge in [-0.15, -0.1) is 0 Å². The van der Waals surface area contributed by atoms with E-state index < -0.39 is 5.97 Å². The van der Waals surface area contributed by atoms with E-state index in [1.807, 2.05) is 29.0 Å². The summed E-state index contributed by atoms with van der Waals surface area (Å²) in [5, 5.41) is 4.41. The Morgan fingerprint density at radius 2 is 2.30 bits per heavy atom. The molecule has 0 aliphatic carbocycles. The molecule has 0 N–H and O–H groups in total. The molecule has 104 valence electrons. The van der Waals surface area contributed by atoms with Crippen LogP contribution >= 0.6 is 0 Å². The van der Waals surface area contributed by atoms with Gasteiger partial charge in [0.15, 0.2) is 6.61 Å². The first-order chi connectivity index (χ1) is 9.76. The van der Waals surface area contributed by atoms with Gasteiger partial charge < -0.3 is 14.0 Å². The Morgan fingerprint density at radius 1 is 1.45 bits per heavy atom. The first-order valence-corrected chi connectivity index (χ1v) is 6.04. The number of carbonyl (C=O) groups excluding carboxylic acids is 1. The van der Waals surface area contributed by atoms with Gasteiger partial charge in [-0.1, -0.05) is 11.2 Å². The van der Waals surface area contributed by atoms with Gasteiger partial charge in [-0.25, -0.2) is 4.79 Å². The summed E-state index contributed by atoms with van der Waals surface area (Å²) in [6, 6.07) is 7.48. The molecular formula is C13H14N4O3. The van der Waals surface area contributed by atoms with Crippen molar-refractivity contribution in [1.82, 2.24) is 4.57 Å².